The molecule has 0 spiro atoms. The Morgan fingerprint density at radius 1 is 1.44 bits per heavy atom. The number of amides is 2. The van der Waals surface area contributed by atoms with Crippen molar-refractivity contribution in [3.8, 4) is 11.5 Å². The molecular formula is C18H24N6O3. The number of carbonyl (C=O) groups excluding carboxylic acids is 1. The molecule has 27 heavy (non-hydrogen) atoms. The summed E-state index contributed by atoms with van der Waals surface area (Å²) in [5, 5.41) is 11.2. The second-order valence-electron chi connectivity index (χ2n) is 6.88. The van der Waals surface area contributed by atoms with Gasteiger partial charge in [0.1, 0.15) is 6.04 Å². The Morgan fingerprint density at radius 2 is 2.37 bits per heavy atom. The summed E-state index contributed by atoms with van der Waals surface area (Å²) in [5.41, 5.74) is 2.18. The van der Waals surface area contributed by atoms with Crippen LogP contribution in [0.4, 0.5) is 4.79 Å². The predicted molar refractivity (Wildman–Crippen MR) is 96.7 cm³/mol. The maximum atomic E-state index is 12.7. The predicted octanol–water partition coefficient (Wildman–Crippen LogP) is 2.05. The topological polar surface area (TPSA) is 98.3 Å². The van der Waals surface area contributed by atoms with E-state index in [4.69, 9.17) is 9.26 Å². The number of allylic oxidation sites excluding steroid dienone is 1. The van der Waals surface area contributed by atoms with Crippen LogP contribution in [0.15, 0.2) is 28.6 Å². The standard InChI is InChI=1S/C18H24N6O3/c1-23-11-14(10-20-23)17-21-16(22-27-17)15-12-26-9-8-24(15)18(25)19-7-6-13-4-2-3-5-13/h4,10-11,15H,2-3,5-9,12H2,1H3,(H,19,25). The highest BCUT2D eigenvalue weighted by Gasteiger charge is 2.32. The third-order valence-electron chi connectivity index (χ3n) is 4.94. The number of hydrogen-bond acceptors (Lipinski definition) is 6. The van der Waals surface area contributed by atoms with Gasteiger partial charge in [0.2, 0.25) is 0 Å². The Bertz CT molecular complexity index is 827. The maximum absolute atomic E-state index is 12.7. The van der Waals surface area contributed by atoms with Crippen LogP contribution in [0.3, 0.4) is 0 Å². The number of nitrogens with zero attached hydrogens (tertiary/aromatic N) is 5. The van der Waals surface area contributed by atoms with E-state index in [1.54, 1.807) is 22.0 Å². The zero-order chi connectivity index (χ0) is 18.6. The molecule has 0 radical (unpaired) electrons. The molecule has 1 unspecified atom stereocenters. The van der Waals surface area contributed by atoms with Crippen LogP contribution in [0, 0.1) is 0 Å². The highest BCUT2D eigenvalue weighted by atomic mass is 16.5. The molecule has 9 nitrogen and oxygen atoms in total. The molecule has 1 aliphatic carbocycles. The van der Waals surface area contributed by atoms with Crippen LogP contribution in [-0.4, -0.2) is 57.2 Å². The van der Waals surface area contributed by atoms with Crippen LogP contribution >= 0.6 is 0 Å². The van der Waals surface area contributed by atoms with E-state index in [9.17, 15) is 4.79 Å². The number of hydrogen-bond donors (Lipinski definition) is 1. The number of aromatic nitrogens is 4. The van der Waals surface area contributed by atoms with Gasteiger partial charge in [-0.3, -0.25) is 4.68 Å². The van der Waals surface area contributed by atoms with Crippen molar-refractivity contribution >= 4 is 6.03 Å². The fourth-order valence-electron chi connectivity index (χ4n) is 3.48. The summed E-state index contributed by atoms with van der Waals surface area (Å²) >= 11 is 0. The van der Waals surface area contributed by atoms with Gasteiger partial charge in [0.25, 0.3) is 5.89 Å². The number of rotatable bonds is 5. The number of urea groups is 1. The molecule has 3 heterocycles. The summed E-state index contributed by atoms with van der Waals surface area (Å²) < 4.78 is 12.6. The average molecular weight is 372 g/mol. The monoisotopic (exact) mass is 372 g/mol. The van der Waals surface area contributed by atoms with Crippen molar-refractivity contribution in [2.75, 3.05) is 26.3 Å². The minimum absolute atomic E-state index is 0.116. The number of morpholine rings is 1. The smallest absolute Gasteiger partial charge is 0.318 e. The SMILES string of the molecule is Cn1cc(-c2nc(C3COCCN3C(=O)NCCC3=CCCC3)no2)cn1. The van der Waals surface area contributed by atoms with E-state index in [0.717, 1.165) is 24.8 Å². The first-order valence-electron chi connectivity index (χ1n) is 9.33. The fourth-order valence-corrected chi connectivity index (χ4v) is 3.48. The molecule has 1 N–H and O–H groups in total. The molecule has 0 aromatic carbocycles. The van der Waals surface area contributed by atoms with Crippen LogP contribution < -0.4 is 5.32 Å². The third kappa shape index (κ3) is 4.02. The average Bonchev–Trinajstić information content (AvgIpc) is 3.43. The van der Waals surface area contributed by atoms with Gasteiger partial charge in [0, 0.05) is 26.3 Å². The van der Waals surface area contributed by atoms with E-state index in [0.29, 0.717) is 38.0 Å². The lowest BCUT2D eigenvalue weighted by Crippen LogP contribution is -2.48. The summed E-state index contributed by atoms with van der Waals surface area (Å²) in [6.45, 7) is 1.99. The number of carbonyl (C=O) groups is 1. The zero-order valence-electron chi connectivity index (χ0n) is 15.4. The number of ether oxygens (including phenoxy) is 1. The second kappa shape index (κ2) is 7.91. The van der Waals surface area contributed by atoms with Gasteiger partial charge in [-0.2, -0.15) is 10.1 Å². The molecule has 4 rings (SSSR count). The Labute approximate surface area is 157 Å². The molecule has 2 amide bonds. The quantitative estimate of drug-likeness (QED) is 0.807. The third-order valence-corrected chi connectivity index (χ3v) is 4.94. The molecule has 2 aromatic heterocycles. The van der Waals surface area contributed by atoms with E-state index in [-0.39, 0.29) is 12.1 Å². The lowest BCUT2D eigenvalue weighted by Gasteiger charge is -2.33. The van der Waals surface area contributed by atoms with E-state index in [1.165, 1.54) is 12.0 Å². The maximum Gasteiger partial charge on any atom is 0.318 e. The minimum atomic E-state index is -0.362. The molecule has 0 saturated carbocycles. The van der Waals surface area contributed by atoms with Crippen LogP contribution in [0.25, 0.3) is 11.5 Å². The van der Waals surface area contributed by atoms with Gasteiger partial charge in [-0.1, -0.05) is 16.8 Å². The van der Waals surface area contributed by atoms with Crippen molar-refractivity contribution in [2.24, 2.45) is 7.05 Å². The van der Waals surface area contributed by atoms with Crippen molar-refractivity contribution in [2.45, 2.75) is 31.7 Å². The van der Waals surface area contributed by atoms with Gasteiger partial charge >= 0.3 is 6.03 Å². The van der Waals surface area contributed by atoms with E-state index in [1.807, 2.05) is 7.05 Å². The summed E-state index contributed by atoms with van der Waals surface area (Å²) in [5.74, 6) is 0.833. The second-order valence-corrected chi connectivity index (χ2v) is 6.88. The summed E-state index contributed by atoms with van der Waals surface area (Å²) in [6, 6.07) is -0.478. The van der Waals surface area contributed by atoms with E-state index < -0.39 is 0 Å². The first-order valence-corrected chi connectivity index (χ1v) is 9.33. The summed E-state index contributed by atoms with van der Waals surface area (Å²) in [7, 11) is 1.82. The van der Waals surface area contributed by atoms with Crippen molar-refractivity contribution < 1.29 is 14.1 Å². The molecule has 144 valence electrons. The van der Waals surface area contributed by atoms with Crippen LogP contribution in [0.5, 0.6) is 0 Å². The first-order chi connectivity index (χ1) is 13.2. The van der Waals surface area contributed by atoms with Crippen molar-refractivity contribution in [1.29, 1.82) is 0 Å². The largest absolute Gasteiger partial charge is 0.377 e. The Balaban J connectivity index is 1.41. The first kappa shape index (κ1) is 17.7. The minimum Gasteiger partial charge on any atom is -0.377 e. The van der Waals surface area contributed by atoms with Crippen LogP contribution in [-0.2, 0) is 11.8 Å². The Morgan fingerprint density at radius 3 is 3.15 bits per heavy atom. The van der Waals surface area contributed by atoms with E-state index >= 15 is 0 Å². The van der Waals surface area contributed by atoms with Gasteiger partial charge < -0.3 is 19.5 Å². The summed E-state index contributed by atoms with van der Waals surface area (Å²) in [4.78, 5) is 18.9. The molecule has 1 saturated heterocycles. The van der Waals surface area contributed by atoms with Crippen molar-refractivity contribution in [3.05, 3.63) is 29.9 Å². The molecule has 0 bridgehead atoms. The van der Waals surface area contributed by atoms with Crippen LogP contribution in [0.1, 0.15) is 37.5 Å². The molecule has 1 aliphatic heterocycles. The van der Waals surface area contributed by atoms with Gasteiger partial charge in [0.05, 0.1) is 25.0 Å². The highest BCUT2D eigenvalue weighted by molar-refractivity contribution is 5.74. The van der Waals surface area contributed by atoms with Crippen LogP contribution in [0.2, 0.25) is 0 Å². The van der Waals surface area contributed by atoms with Gasteiger partial charge in [-0.15, -0.1) is 0 Å². The Hall–Kier alpha value is -2.68. The molecule has 9 heteroatoms. The van der Waals surface area contributed by atoms with E-state index in [2.05, 4.69) is 26.6 Å². The molecular weight excluding hydrogens is 348 g/mol. The highest BCUT2D eigenvalue weighted by Crippen LogP contribution is 2.25. The normalized spacial score (nSPS) is 20.0. The number of nitrogens with one attached hydrogen (secondary N) is 1. The lowest BCUT2D eigenvalue weighted by molar-refractivity contribution is 0.00797. The number of aryl methyl sites for hydroxylation is 1. The fraction of sp³-hybridized carbons (Fsp3) is 0.556. The zero-order valence-corrected chi connectivity index (χ0v) is 15.4. The lowest BCUT2D eigenvalue weighted by atomic mass is 10.2. The summed E-state index contributed by atoms with van der Waals surface area (Å²) in [6.07, 6.45) is 10.2. The molecule has 1 atom stereocenters. The van der Waals surface area contributed by atoms with Gasteiger partial charge in [0.15, 0.2) is 5.82 Å². The van der Waals surface area contributed by atoms with Crippen molar-refractivity contribution in [3.63, 3.8) is 0 Å². The molecule has 2 aromatic rings. The molecule has 1 fully saturated rings. The van der Waals surface area contributed by atoms with Crippen molar-refractivity contribution in [1.82, 2.24) is 30.1 Å². The Kier molecular flexibility index (Phi) is 5.19. The van der Waals surface area contributed by atoms with Gasteiger partial charge in [-0.25, -0.2) is 4.79 Å². The van der Waals surface area contributed by atoms with Gasteiger partial charge in [-0.05, 0) is 25.7 Å². The molecule has 2 aliphatic rings.